The van der Waals surface area contributed by atoms with E-state index in [0.29, 0.717) is 44.7 Å². The van der Waals surface area contributed by atoms with Crippen LogP contribution in [0, 0.1) is 0 Å². The first kappa shape index (κ1) is 27.6. The fraction of sp³-hybridized carbons (Fsp3) is 0.500. The number of nitrogens with zero attached hydrogens (tertiary/aromatic N) is 4. The molecule has 39 heavy (non-hydrogen) atoms. The van der Waals surface area contributed by atoms with Crippen LogP contribution < -0.4 is 19.1 Å². The van der Waals surface area contributed by atoms with E-state index < -0.39 is 0 Å². The Morgan fingerprint density at radius 1 is 0.923 bits per heavy atom. The predicted octanol–water partition coefficient (Wildman–Crippen LogP) is 5.55. The summed E-state index contributed by atoms with van der Waals surface area (Å²) in [7, 11) is 0. The quantitative estimate of drug-likeness (QED) is 0.291. The largest absolute Gasteiger partial charge is 0.494 e. The molecule has 5 rings (SSSR count). The Labute approximate surface area is 236 Å². The maximum absolute atomic E-state index is 6.89. The highest BCUT2D eigenvalue weighted by Gasteiger charge is 2.24. The van der Waals surface area contributed by atoms with E-state index in [0.717, 1.165) is 80.0 Å². The number of hydrogen-bond donors (Lipinski definition) is 0. The summed E-state index contributed by atoms with van der Waals surface area (Å²) in [5, 5.41) is 0.572. The van der Waals surface area contributed by atoms with Crippen LogP contribution in [0.5, 0.6) is 17.2 Å². The second kappa shape index (κ2) is 13.4. The van der Waals surface area contributed by atoms with Crippen molar-refractivity contribution in [2.75, 3.05) is 51.0 Å². The minimum Gasteiger partial charge on any atom is -0.494 e. The third kappa shape index (κ3) is 6.99. The fourth-order valence-electron chi connectivity index (χ4n) is 5.13. The van der Waals surface area contributed by atoms with Gasteiger partial charge in [-0.3, -0.25) is 4.90 Å². The van der Waals surface area contributed by atoms with Gasteiger partial charge in [0.15, 0.2) is 16.7 Å². The van der Waals surface area contributed by atoms with Gasteiger partial charge in [-0.05, 0) is 48.7 Å². The normalized spacial score (nSPS) is 15.1. The molecule has 0 bridgehead atoms. The fourth-order valence-corrected chi connectivity index (χ4v) is 5.37. The molecule has 0 N–H and O–H groups in total. The minimum atomic E-state index is 0.570. The van der Waals surface area contributed by atoms with E-state index in [4.69, 9.17) is 35.5 Å². The van der Waals surface area contributed by atoms with Crippen molar-refractivity contribution in [1.29, 1.82) is 0 Å². The van der Waals surface area contributed by atoms with Crippen LogP contribution in [0.4, 0.5) is 5.95 Å². The molecule has 2 aromatic carbocycles. The molecule has 2 aliphatic rings. The lowest BCUT2D eigenvalue weighted by atomic mass is 10.1. The molecule has 0 radical (unpaired) electrons. The van der Waals surface area contributed by atoms with Crippen LogP contribution in [-0.4, -0.2) is 60.6 Å². The van der Waals surface area contributed by atoms with Crippen LogP contribution in [0.3, 0.4) is 0 Å². The molecule has 0 spiro atoms. The first-order valence-electron chi connectivity index (χ1n) is 14.0. The topological polar surface area (TPSA) is 61.2 Å². The summed E-state index contributed by atoms with van der Waals surface area (Å²) in [6.07, 6.45) is 2.17. The first-order valence-corrected chi connectivity index (χ1v) is 14.4. The van der Waals surface area contributed by atoms with Crippen molar-refractivity contribution in [3.8, 4) is 17.2 Å². The summed E-state index contributed by atoms with van der Waals surface area (Å²) in [4.78, 5) is 9.57. The van der Waals surface area contributed by atoms with Gasteiger partial charge in [0.1, 0.15) is 19.0 Å². The minimum absolute atomic E-state index is 0.570. The number of fused-ring (bicyclic) bond motifs is 1. The molecule has 0 unspecified atom stereocenters. The van der Waals surface area contributed by atoms with Gasteiger partial charge in [0.2, 0.25) is 5.95 Å². The second-order valence-electron chi connectivity index (χ2n) is 9.96. The molecule has 2 aliphatic heterocycles. The Bertz CT molecular complexity index is 1230. The number of hydrogen-bond acceptors (Lipinski definition) is 7. The highest BCUT2D eigenvalue weighted by molar-refractivity contribution is 6.30. The highest BCUT2D eigenvalue weighted by atomic mass is 35.5. The molecule has 3 heterocycles. The van der Waals surface area contributed by atoms with Crippen molar-refractivity contribution in [1.82, 2.24) is 14.5 Å². The summed E-state index contributed by atoms with van der Waals surface area (Å²) >= 11 is 6.89. The Morgan fingerprint density at radius 3 is 2.46 bits per heavy atom. The van der Waals surface area contributed by atoms with Crippen molar-refractivity contribution in [2.45, 2.75) is 52.9 Å². The van der Waals surface area contributed by atoms with E-state index in [1.807, 2.05) is 19.1 Å². The Kier molecular flexibility index (Phi) is 9.50. The summed E-state index contributed by atoms with van der Waals surface area (Å²) in [5.41, 5.74) is 3.39. The number of anilines is 1. The number of halogens is 1. The van der Waals surface area contributed by atoms with Gasteiger partial charge < -0.3 is 28.4 Å². The Balaban J connectivity index is 1.45. The van der Waals surface area contributed by atoms with Gasteiger partial charge in [-0.25, -0.2) is 4.98 Å². The van der Waals surface area contributed by atoms with Gasteiger partial charge in [0, 0.05) is 39.3 Å². The van der Waals surface area contributed by atoms with Gasteiger partial charge in [-0.1, -0.05) is 43.1 Å². The monoisotopic (exact) mass is 554 g/mol. The lowest BCUT2D eigenvalue weighted by molar-refractivity contribution is 0.121. The zero-order valence-corrected chi connectivity index (χ0v) is 23.8. The molecule has 9 heteroatoms. The molecule has 210 valence electrons. The van der Waals surface area contributed by atoms with Gasteiger partial charge in [-0.15, -0.1) is 0 Å². The molecule has 1 fully saturated rings. The average Bonchev–Trinajstić information content (AvgIpc) is 3.27. The number of rotatable bonds is 12. The van der Waals surface area contributed by atoms with E-state index in [9.17, 15) is 0 Å². The van der Waals surface area contributed by atoms with Crippen molar-refractivity contribution in [3.63, 3.8) is 0 Å². The van der Waals surface area contributed by atoms with Crippen LogP contribution in [0.1, 0.15) is 43.5 Å². The Morgan fingerprint density at radius 2 is 1.69 bits per heavy atom. The van der Waals surface area contributed by atoms with E-state index in [-0.39, 0.29) is 0 Å². The molecule has 8 nitrogen and oxygen atoms in total. The maximum Gasteiger partial charge on any atom is 0.207 e. The summed E-state index contributed by atoms with van der Waals surface area (Å²) in [6.45, 7) is 12.1. The van der Waals surface area contributed by atoms with Gasteiger partial charge in [0.25, 0.3) is 0 Å². The van der Waals surface area contributed by atoms with Crippen LogP contribution in [0.2, 0.25) is 5.15 Å². The van der Waals surface area contributed by atoms with Crippen LogP contribution in [0.25, 0.3) is 0 Å². The van der Waals surface area contributed by atoms with Crippen molar-refractivity contribution in [3.05, 3.63) is 64.4 Å². The van der Waals surface area contributed by atoms with Gasteiger partial charge >= 0.3 is 0 Å². The van der Waals surface area contributed by atoms with Crippen molar-refractivity contribution in [2.24, 2.45) is 0 Å². The van der Waals surface area contributed by atoms with E-state index in [2.05, 4.69) is 51.6 Å². The van der Waals surface area contributed by atoms with Gasteiger partial charge in [0.05, 0.1) is 25.5 Å². The van der Waals surface area contributed by atoms with Crippen LogP contribution in [0.15, 0.2) is 42.5 Å². The molecule has 0 amide bonds. The number of unbranched alkanes of at least 4 members (excludes halogenated alkanes) is 1. The number of aromatic nitrogens is 2. The number of benzene rings is 2. The third-order valence-electron chi connectivity index (χ3n) is 7.03. The maximum atomic E-state index is 6.89. The molecule has 0 atom stereocenters. The molecular weight excluding hydrogens is 516 g/mol. The standard InChI is InChI=1S/C30H39ClN4O4/c1-3-5-11-35-26(29(31)32-30(35)34-12-14-36-15-13-34)22-33(20-23-7-6-8-25(18-23)37-4-2)21-24-9-10-27-28(19-24)39-17-16-38-27/h6-10,18-19H,3-5,11-17,20-22H2,1-2H3. The van der Waals surface area contributed by atoms with E-state index in [1.165, 1.54) is 5.56 Å². The summed E-state index contributed by atoms with van der Waals surface area (Å²) < 4.78 is 25.3. The number of morpholine rings is 1. The van der Waals surface area contributed by atoms with Crippen LogP contribution in [-0.2, 0) is 30.9 Å². The summed E-state index contributed by atoms with van der Waals surface area (Å²) in [6, 6.07) is 14.5. The SMILES string of the molecule is CCCCn1c(N2CCOCC2)nc(Cl)c1CN(Cc1cccc(OCC)c1)Cc1ccc2c(c1)OCCO2. The first-order chi connectivity index (χ1) is 19.1. The lowest BCUT2D eigenvalue weighted by Gasteiger charge is -2.29. The highest BCUT2D eigenvalue weighted by Crippen LogP contribution is 2.32. The number of ether oxygens (including phenoxy) is 4. The zero-order chi connectivity index (χ0) is 27.0. The molecule has 1 aromatic heterocycles. The number of imidazole rings is 1. The van der Waals surface area contributed by atoms with Crippen molar-refractivity contribution >= 4 is 17.5 Å². The molecule has 0 saturated carbocycles. The third-order valence-corrected chi connectivity index (χ3v) is 7.34. The second-order valence-corrected chi connectivity index (χ2v) is 10.3. The zero-order valence-electron chi connectivity index (χ0n) is 23.0. The van der Waals surface area contributed by atoms with Gasteiger partial charge in [-0.2, -0.15) is 0 Å². The smallest absolute Gasteiger partial charge is 0.207 e. The van der Waals surface area contributed by atoms with E-state index in [1.54, 1.807) is 0 Å². The predicted molar refractivity (Wildman–Crippen MR) is 153 cm³/mol. The van der Waals surface area contributed by atoms with Crippen molar-refractivity contribution < 1.29 is 18.9 Å². The lowest BCUT2D eigenvalue weighted by Crippen LogP contribution is -2.38. The van der Waals surface area contributed by atoms with Crippen LogP contribution >= 0.6 is 11.6 Å². The van der Waals surface area contributed by atoms with E-state index >= 15 is 0 Å². The Hall–Kier alpha value is -2.94. The average molecular weight is 555 g/mol. The molecule has 3 aromatic rings. The summed E-state index contributed by atoms with van der Waals surface area (Å²) in [5.74, 6) is 3.44. The molecule has 0 aliphatic carbocycles. The molecular formula is C30H39ClN4O4. The molecule has 1 saturated heterocycles.